The van der Waals surface area contributed by atoms with Gasteiger partial charge >= 0.3 is 6.18 Å². The highest BCUT2D eigenvalue weighted by Gasteiger charge is 2.31. The molecule has 1 fully saturated rings. The van der Waals surface area contributed by atoms with E-state index in [1.54, 1.807) is 0 Å². The summed E-state index contributed by atoms with van der Waals surface area (Å²) in [4.78, 5) is 2.08. The predicted octanol–water partition coefficient (Wildman–Crippen LogP) is 3.23. The van der Waals surface area contributed by atoms with Crippen LogP contribution < -0.4 is 10.6 Å². The Morgan fingerprint density at radius 2 is 2.11 bits per heavy atom. The van der Waals surface area contributed by atoms with E-state index in [1.165, 1.54) is 6.07 Å². The maximum absolute atomic E-state index is 12.5. The van der Waals surface area contributed by atoms with Gasteiger partial charge in [-0.1, -0.05) is 0 Å². The van der Waals surface area contributed by atoms with Gasteiger partial charge in [0.25, 0.3) is 0 Å². The van der Waals surface area contributed by atoms with Crippen molar-refractivity contribution < 1.29 is 13.2 Å². The highest BCUT2D eigenvalue weighted by Crippen LogP contribution is 2.35. The summed E-state index contributed by atoms with van der Waals surface area (Å²) in [6.45, 7) is 2.88. The van der Waals surface area contributed by atoms with Gasteiger partial charge < -0.3 is 10.6 Å². The van der Waals surface area contributed by atoms with Gasteiger partial charge in [-0.3, -0.25) is 0 Å². The summed E-state index contributed by atoms with van der Waals surface area (Å²) in [5.41, 5.74) is 5.97. The van der Waals surface area contributed by atoms with Crippen LogP contribution in [-0.4, -0.2) is 24.1 Å². The van der Waals surface area contributed by atoms with Gasteiger partial charge in [-0.05, 0) is 25.1 Å². The molecule has 100 valence electrons. The Kier molecular flexibility index (Phi) is 3.66. The lowest BCUT2D eigenvalue weighted by Crippen LogP contribution is -2.40. The third kappa shape index (κ3) is 2.68. The fraction of sp³-hybridized carbons (Fsp3) is 0.500. The predicted molar refractivity (Wildman–Crippen MR) is 70.0 cm³/mol. The first kappa shape index (κ1) is 13.4. The van der Waals surface area contributed by atoms with Crippen LogP contribution in [0.5, 0.6) is 0 Å². The van der Waals surface area contributed by atoms with Crippen molar-refractivity contribution in [2.24, 2.45) is 0 Å². The molecule has 1 heterocycles. The maximum Gasteiger partial charge on any atom is 0.416 e. The number of benzene rings is 1. The lowest BCUT2D eigenvalue weighted by molar-refractivity contribution is -0.137. The molecule has 1 aromatic rings. The molecular weight excluding hydrogens is 261 g/mol. The number of hydrogen-bond donors (Lipinski definition) is 1. The van der Waals surface area contributed by atoms with Crippen LogP contribution in [0.1, 0.15) is 12.5 Å². The second kappa shape index (κ2) is 4.91. The average Bonchev–Trinajstić information content (AvgIpc) is 2.29. The minimum atomic E-state index is -4.34. The molecule has 6 heteroatoms. The van der Waals surface area contributed by atoms with Crippen molar-refractivity contribution >= 4 is 23.1 Å². The highest BCUT2D eigenvalue weighted by molar-refractivity contribution is 7.99. The van der Waals surface area contributed by atoms with Crippen LogP contribution in [-0.2, 0) is 6.18 Å². The number of nitrogens with zero attached hydrogens (tertiary/aromatic N) is 1. The molecule has 1 aromatic carbocycles. The van der Waals surface area contributed by atoms with E-state index in [9.17, 15) is 13.2 Å². The lowest BCUT2D eigenvalue weighted by atomic mass is 10.1. The van der Waals surface area contributed by atoms with Crippen LogP contribution in [0.15, 0.2) is 18.2 Å². The molecule has 0 aliphatic carbocycles. The number of thioether (sulfide) groups is 1. The molecule has 1 saturated heterocycles. The molecule has 1 atom stereocenters. The summed E-state index contributed by atoms with van der Waals surface area (Å²) < 4.78 is 37.6. The van der Waals surface area contributed by atoms with Gasteiger partial charge in [0, 0.05) is 24.1 Å². The number of nitrogens with two attached hydrogens (primary N) is 1. The maximum atomic E-state index is 12.5. The minimum absolute atomic E-state index is 0.198. The molecular formula is C12H15F3N2S. The van der Waals surface area contributed by atoms with E-state index in [2.05, 4.69) is 11.8 Å². The molecule has 0 spiro atoms. The number of alkyl halides is 3. The Hall–Kier alpha value is -1.04. The van der Waals surface area contributed by atoms with Crippen LogP contribution in [0.3, 0.4) is 0 Å². The molecule has 1 aliphatic heterocycles. The van der Waals surface area contributed by atoms with Gasteiger partial charge in [-0.15, -0.1) is 0 Å². The summed E-state index contributed by atoms with van der Waals surface area (Å²) in [6.07, 6.45) is -4.34. The quantitative estimate of drug-likeness (QED) is 0.799. The van der Waals surface area contributed by atoms with Gasteiger partial charge in [0.05, 0.1) is 16.9 Å². The topological polar surface area (TPSA) is 29.3 Å². The monoisotopic (exact) mass is 276 g/mol. The largest absolute Gasteiger partial charge is 0.416 e. The van der Waals surface area contributed by atoms with Gasteiger partial charge in [0.15, 0.2) is 0 Å². The number of hydrogen-bond acceptors (Lipinski definition) is 3. The SMILES string of the molecule is CC1CSCCN1c1ccc(C(F)(F)F)cc1N. The first-order chi connectivity index (χ1) is 8.39. The van der Waals surface area contributed by atoms with E-state index in [0.717, 1.165) is 30.2 Å². The minimum Gasteiger partial charge on any atom is -0.397 e. The van der Waals surface area contributed by atoms with E-state index in [1.807, 2.05) is 11.8 Å². The van der Waals surface area contributed by atoms with Crippen LogP contribution in [0.4, 0.5) is 24.5 Å². The Morgan fingerprint density at radius 1 is 1.39 bits per heavy atom. The third-order valence-corrected chi connectivity index (χ3v) is 4.22. The third-order valence-electron chi connectivity index (χ3n) is 3.03. The van der Waals surface area contributed by atoms with E-state index < -0.39 is 11.7 Å². The van der Waals surface area contributed by atoms with Crippen molar-refractivity contribution in [3.8, 4) is 0 Å². The first-order valence-corrected chi connectivity index (χ1v) is 6.86. The zero-order valence-corrected chi connectivity index (χ0v) is 10.8. The zero-order chi connectivity index (χ0) is 13.3. The van der Waals surface area contributed by atoms with Crippen molar-refractivity contribution in [2.45, 2.75) is 19.1 Å². The average molecular weight is 276 g/mol. The fourth-order valence-corrected chi connectivity index (χ4v) is 3.09. The van der Waals surface area contributed by atoms with Crippen LogP contribution in [0, 0.1) is 0 Å². The Morgan fingerprint density at radius 3 is 2.67 bits per heavy atom. The number of rotatable bonds is 1. The standard InChI is InChI=1S/C12H15F3N2S/c1-8-7-18-5-4-17(8)11-3-2-9(6-10(11)16)12(13,14)15/h2-3,6,8H,4-5,7,16H2,1H3. The van der Waals surface area contributed by atoms with Gasteiger partial charge in [0.1, 0.15) is 0 Å². The lowest BCUT2D eigenvalue weighted by Gasteiger charge is -2.35. The zero-order valence-electron chi connectivity index (χ0n) is 10.00. The van der Waals surface area contributed by atoms with Crippen LogP contribution in [0.2, 0.25) is 0 Å². The second-order valence-electron chi connectivity index (χ2n) is 4.39. The molecule has 1 unspecified atom stereocenters. The van der Waals surface area contributed by atoms with Crippen LogP contribution in [0.25, 0.3) is 0 Å². The molecule has 2 rings (SSSR count). The fourth-order valence-electron chi connectivity index (χ4n) is 2.08. The van der Waals surface area contributed by atoms with Crippen LogP contribution >= 0.6 is 11.8 Å². The van der Waals surface area contributed by atoms with E-state index in [4.69, 9.17) is 5.73 Å². The molecule has 2 nitrogen and oxygen atoms in total. The van der Waals surface area contributed by atoms with Gasteiger partial charge in [-0.2, -0.15) is 24.9 Å². The Bertz CT molecular complexity index is 434. The van der Waals surface area contributed by atoms with Crippen molar-refractivity contribution in [2.75, 3.05) is 28.7 Å². The smallest absolute Gasteiger partial charge is 0.397 e. The van der Waals surface area contributed by atoms with Gasteiger partial charge in [-0.25, -0.2) is 0 Å². The second-order valence-corrected chi connectivity index (χ2v) is 5.54. The molecule has 0 aromatic heterocycles. The Balaban J connectivity index is 2.29. The van der Waals surface area contributed by atoms with Crippen molar-refractivity contribution in [3.63, 3.8) is 0 Å². The molecule has 0 amide bonds. The molecule has 2 N–H and O–H groups in total. The van der Waals surface area contributed by atoms with E-state index in [-0.39, 0.29) is 5.69 Å². The molecule has 1 aliphatic rings. The molecule has 0 saturated carbocycles. The highest BCUT2D eigenvalue weighted by atomic mass is 32.2. The van der Waals surface area contributed by atoms with E-state index in [0.29, 0.717) is 11.7 Å². The number of anilines is 2. The van der Waals surface area contributed by atoms with Crippen molar-refractivity contribution in [3.05, 3.63) is 23.8 Å². The summed E-state index contributed by atoms with van der Waals surface area (Å²) >= 11 is 1.85. The Labute approximate surface area is 108 Å². The number of nitrogen functional groups attached to an aromatic ring is 1. The molecule has 18 heavy (non-hydrogen) atoms. The normalized spacial score (nSPS) is 21.1. The summed E-state index contributed by atoms with van der Waals surface area (Å²) in [5.74, 6) is 1.95. The first-order valence-electron chi connectivity index (χ1n) is 5.70. The van der Waals surface area contributed by atoms with Crippen molar-refractivity contribution in [1.29, 1.82) is 0 Å². The summed E-state index contributed by atoms with van der Waals surface area (Å²) in [6, 6.07) is 3.89. The molecule has 0 bridgehead atoms. The number of halogens is 3. The summed E-state index contributed by atoms with van der Waals surface area (Å²) in [7, 11) is 0. The van der Waals surface area contributed by atoms with E-state index >= 15 is 0 Å². The van der Waals surface area contributed by atoms with Gasteiger partial charge in [0.2, 0.25) is 0 Å². The molecule has 0 radical (unpaired) electrons. The van der Waals surface area contributed by atoms with Crippen molar-refractivity contribution in [1.82, 2.24) is 0 Å². The summed E-state index contributed by atoms with van der Waals surface area (Å²) in [5, 5.41) is 0.